The van der Waals surface area contributed by atoms with Crippen LogP contribution in [0.15, 0.2) is 0 Å². The lowest BCUT2D eigenvalue weighted by atomic mass is 10.3. The lowest BCUT2D eigenvalue weighted by molar-refractivity contribution is 0.202. The maximum absolute atomic E-state index is 11.0. The van der Waals surface area contributed by atoms with Gasteiger partial charge in [-0.25, -0.2) is 4.79 Å². The van der Waals surface area contributed by atoms with E-state index in [0.717, 1.165) is 24.9 Å². The number of hydrogen-bond donors (Lipinski definition) is 1. The first-order chi connectivity index (χ1) is 5.75. The SMILES string of the molecule is NC(=O)N(CC1CC1)CC1CC1. The van der Waals surface area contributed by atoms with E-state index in [4.69, 9.17) is 5.73 Å². The summed E-state index contributed by atoms with van der Waals surface area (Å²) in [6.07, 6.45) is 5.14. The zero-order valence-electron chi connectivity index (χ0n) is 7.33. The Morgan fingerprint density at radius 1 is 1.17 bits per heavy atom. The highest BCUT2D eigenvalue weighted by molar-refractivity contribution is 5.72. The molecular formula is C9H16N2O. The number of carbonyl (C=O) groups excluding carboxylic acids is 1. The summed E-state index contributed by atoms with van der Waals surface area (Å²) in [7, 11) is 0. The highest BCUT2D eigenvalue weighted by Gasteiger charge is 2.30. The monoisotopic (exact) mass is 168 g/mol. The predicted molar refractivity (Wildman–Crippen MR) is 46.6 cm³/mol. The van der Waals surface area contributed by atoms with Crippen molar-refractivity contribution in [1.82, 2.24) is 4.90 Å². The van der Waals surface area contributed by atoms with Crippen LogP contribution in [0, 0.1) is 11.8 Å². The van der Waals surface area contributed by atoms with Crippen molar-refractivity contribution in [1.29, 1.82) is 0 Å². The van der Waals surface area contributed by atoms with Gasteiger partial charge in [-0.3, -0.25) is 0 Å². The minimum atomic E-state index is -0.228. The lowest BCUT2D eigenvalue weighted by Crippen LogP contribution is -2.38. The van der Waals surface area contributed by atoms with Crippen LogP contribution in [-0.2, 0) is 0 Å². The molecule has 12 heavy (non-hydrogen) atoms. The first kappa shape index (κ1) is 7.90. The quantitative estimate of drug-likeness (QED) is 0.673. The van der Waals surface area contributed by atoms with Crippen LogP contribution in [0.5, 0.6) is 0 Å². The van der Waals surface area contributed by atoms with Gasteiger partial charge in [0, 0.05) is 13.1 Å². The van der Waals surface area contributed by atoms with Gasteiger partial charge in [-0.1, -0.05) is 0 Å². The van der Waals surface area contributed by atoms with Gasteiger partial charge in [-0.15, -0.1) is 0 Å². The second kappa shape index (κ2) is 2.96. The van der Waals surface area contributed by atoms with Crippen molar-refractivity contribution in [2.24, 2.45) is 17.6 Å². The first-order valence-electron chi connectivity index (χ1n) is 4.80. The summed E-state index contributed by atoms with van der Waals surface area (Å²) in [6.45, 7) is 1.82. The third-order valence-corrected chi connectivity index (χ3v) is 2.66. The molecule has 2 amide bonds. The van der Waals surface area contributed by atoms with Crippen LogP contribution in [0.2, 0.25) is 0 Å². The van der Waals surface area contributed by atoms with E-state index in [2.05, 4.69) is 0 Å². The van der Waals surface area contributed by atoms with Crippen LogP contribution in [0.4, 0.5) is 4.79 Å². The van der Waals surface area contributed by atoms with Gasteiger partial charge in [0.2, 0.25) is 0 Å². The molecule has 2 aliphatic rings. The molecule has 2 fully saturated rings. The Bertz CT molecular complexity index is 171. The molecule has 2 aliphatic carbocycles. The number of amides is 2. The maximum atomic E-state index is 11.0. The predicted octanol–water partition coefficient (Wildman–Crippen LogP) is 1.19. The zero-order chi connectivity index (χ0) is 8.55. The molecule has 0 aromatic heterocycles. The van der Waals surface area contributed by atoms with Gasteiger partial charge in [0.25, 0.3) is 0 Å². The van der Waals surface area contributed by atoms with E-state index in [1.54, 1.807) is 0 Å². The summed E-state index contributed by atoms with van der Waals surface area (Å²) in [5.41, 5.74) is 5.28. The molecule has 0 saturated heterocycles. The molecule has 2 N–H and O–H groups in total. The number of nitrogens with zero attached hydrogens (tertiary/aromatic N) is 1. The van der Waals surface area contributed by atoms with Crippen molar-refractivity contribution in [3.8, 4) is 0 Å². The number of hydrogen-bond acceptors (Lipinski definition) is 1. The zero-order valence-corrected chi connectivity index (χ0v) is 7.33. The van der Waals surface area contributed by atoms with Crippen LogP contribution in [0.25, 0.3) is 0 Å². The van der Waals surface area contributed by atoms with E-state index >= 15 is 0 Å². The average Bonchev–Trinajstić information content (AvgIpc) is 2.78. The first-order valence-corrected chi connectivity index (χ1v) is 4.80. The van der Waals surface area contributed by atoms with Crippen LogP contribution in [0.1, 0.15) is 25.7 Å². The molecule has 0 aliphatic heterocycles. The third kappa shape index (κ3) is 2.13. The van der Waals surface area contributed by atoms with Gasteiger partial charge >= 0.3 is 6.03 Å². The minimum Gasteiger partial charge on any atom is -0.351 e. The van der Waals surface area contributed by atoms with Gasteiger partial charge < -0.3 is 10.6 Å². The number of rotatable bonds is 4. The van der Waals surface area contributed by atoms with Crippen molar-refractivity contribution >= 4 is 6.03 Å². The van der Waals surface area contributed by atoms with Gasteiger partial charge in [-0.2, -0.15) is 0 Å². The largest absolute Gasteiger partial charge is 0.351 e. The molecule has 3 heteroatoms. The average molecular weight is 168 g/mol. The highest BCUT2D eigenvalue weighted by Crippen LogP contribution is 2.33. The molecule has 0 bridgehead atoms. The molecule has 0 spiro atoms. The highest BCUT2D eigenvalue weighted by atomic mass is 16.2. The van der Waals surface area contributed by atoms with Gasteiger partial charge in [0.15, 0.2) is 0 Å². The Morgan fingerprint density at radius 2 is 1.58 bits per heavy atom. The molecule has 2 saturated carbocycles. The van der Waals surface area contributed by atoms with Crippen LogP contribution in [0.3, 0.4) is 0 Å². The van der Waals surface area contributed by atoms with E-state index in [-0.39, 0.29) is 6.03 Å². The summed E-state index contributed by atoms with van der Waals surface area (Å²) in [5, 5.41) is 0. The molecule has 0 heterocycles. The van der Waals surface area contributed by atoms with Crippen LogP contribution in [-0.4, -0.2) is 24.0 Å². The number of carbonyl (C=O) groups is 1. The van der Waals surface area contributed by atoms with Crippen molar-refractivity contribution in [2.45, 2.75) is 25.7 Å². The third-order valence-electron chi connectivity index (χ3n) is 2.66. The standard InChI is InChI=1S/C9H16N2O/c10-9(12)11(5-7-1-2-7)6-8-3-4-8/h7-8H,1-6H2,(H2,10,12). The van der Waals surface area contributed by atoms with Gasteiger partial charge in [0.05, 0.1) is 0 Å². The van der Waals surface area contributed by atoms with Crippen molar-refractivity contribution in [3.63, 3.8) is 0 Å². The van der Waals surface area contributed by atoms with Gasteiger partial charge in [-0.05, 0) is 37.5 Å². The van der Waals surface area contributed by atoms with E-state index < -0.39 is 0 Å². The van der Waals surface area contributed by atoms with Crippen molar-refractivity contribution in [3.05, 3.63) is 0 Å². The number of primary amides is 1. The van der Waals surface area contributed by atoms with E-state index in [0.29, 0.717) is 0 Å². The second-order valence-corrected chi connectivity index (χ2v) is 4.13. The summed E-state index contributed by atoms with van der Waals surface area (Å²) in [5.74, 6) is 1.52. The summed E-state index contributed by atoms with van der Waals surface area (Å²) < 4.78 is 0. The Balaban J connectivity index is 1.77. The maximum Gasteiger partial charge on any atom is 0.314 e. The topological polar surface area (TPSA) is 46.3 Å². The molecule has 0 aromatic rings. The fourth-order valence-electron chi connectivity index (χ4n) is 1.48. The number of urea groups is 1. The molecule has 0 unspecified atom stereocenters. The molecule has 0 aromatic carbocycles. The van der Waals surface area contributed by atoms with E-state index in [1.165, 1.54) is 25.7 Å². The molecular weight excluding hydrogens is 152 g/mol. The summed E-state index contributed by atoms with van der Waals surface area (Å²) >= 11 is 0. The molecule has 0 radical (unpaired) electrons. The summed E-state index contributed by atoms with van der Waals surface area (Å²) in [4.78, 5) is 12.8. The van der Waals surface area contributed by atoms with Crippen LogP contribution < -0.4 is 5.73 Å². The molecule has 68 valence electrons. The molecule has 0 atom stereocenters. The summed E-state index contributed by atoms with van der Waals surface area (Å²) in [6, 6.07) is -0.228. The lowest BCUT2D eigenvalue weighted by Gasteiger charge is -2.19. The molecule has 3 nitrogen and oxygen atoms in total. The minimum absolute atomic E-state index is 0.228. The second-order valence-electron chi connectivity index (χ2n) is 4.13. The smallest absolute Gasteiger partial charge is 0.314 e. The molecule has 2 rings (SSSR count). The number of nitrogens with two attached hydrogens (primary N) is 1. The fourth-order valence-corrected chi connectivity index (χ4v) is 1.48. The van der Waals surface area contributed by atoms with E-state index in [9.17, 15) is 4.79 Å². The Morgan fingerprint density at radius 3 is 1.83 bits per heavy atom. The van der Waals surface area contributed by atoms with Gasteiger partial charge in [0.1, 0.15) is 0 Å². The normalized spacial score (nSPS) is 22.3. The van der Waals surface area contributed by atoms with Crippen LogP contribution >= 0.6 is 0 Å². The van der Waals surface area contributed by atoms with Crippen molar-refractivity contribution in [2.75, 3.05) is 13.1 Å². The Hall–Kier alpha value is -0.730. The fraction of sp³-hybridized carbons (Fsp3) is 0.889. The van der Waals surface area contributed by atoms with Crippen molar-refractivity contribution < 1.29 is 4.79 Å². The Labute approximate surface area is 72.9 Å². The van der Waals surface area contributed by atoms with E-state index in [1.807, 2.05) is 4.90 Å². The Kier molecular flexibility index (Phi) is 1.95.